The lowest BCUT2D eigenvalue weighted by molar-refractivity contribution is -0.133. The summed E-state index contributed by atoms with van der Waals surface area (Å²) in [4.78, 5) is 35.1. The summed E-state index contributed by atoms with van der Waals surface area (Å²) in [6.45, 7) is 6.34. The molecule has 0 saturated carbocycles. The van der Waals surface area contributed by atoms with Gasteiger partial charge in [-0.1, -0.05) is 53.7 Å². The molecule has 2 amide bonds. The number of piperazine rings is 1. The Morgan fingerprint density at radius 3 is 2.41 bits per heavy atom. The van der Waals surface area contributed by atoms with Gasteiger partial charge in [0.1, 0.15) is 17.4 Å². The Balaban J connectivity index is 1.10. The van der Waals surface area contributed by atoms with Crippen molar-refractivity contribution in [2.45, 2.75) is 19.9 Å². The Kier molecular flexibility index (Phi) is 6.44. The fourth-order valence-corrected chi connectivity index (χ4v) is 5.15. The predicted octanol–water partition coefficient (Wildman–Crippen LogP) is 4.82. The second-order valence-corrected chi connectivity index (χ2v) is 9.93. The third-order valence-corrected chi connectivity index (χ3v) is 7.32. The fraction of sp³-hybridized carbons (Fsp3) is 0.226. The average Bonchev–Trinajstić information content (AvgIpc) is 3.40. The van der Waals surface area contributed by atoms with Crippen molar-refractivity contribution in [2.75, 3.05) is 31.1 Å². The van der Waals surface area contributed by atoms with Crippen LogP contribution in [-0.4, -0.2) is 59.1 Å². The Labute approximate surface area is 226 Å². The SMILES string of the molecule is Cc1cc(N2CCN(C(=O)[C@H](C)NC(=O)c3ccc4noc(-c5ccccc5)c4c3)CC2)nc2ccccc12. The van der Waals surface area contributed by atoms with Crippen molar-refractivity contribution in [3.05, 3.63) is 90.0 Å². The quantitative estimate of drug-likeness (QED) is 0.358. The van der Waals surface area contributed by atoms with Crippen LogP contribution >= 0.6 is 0 Å². The molecule has 5 aromatic rings. The number of aromatic nitrogens is 2. The van der Waals surface area contributed by atoms with Gasteiger partial charge in [-0.25, -0.2) is 4.98 Å². The highest BCUT2D eigenvalue weighted by Gasteiger charge is 2.27. The standard InChI is InChI=1S/C31H29N5O3/c1-20-18-28(33-26-11-7-6-10-24(20)26)35-14-16-36(17-15-35)31(38)21(2)32-30(37)23-12-13-27-25(19-23)29(39-34-27)22-8-4-3-5-9-22/h3-13,18-19,21H,14-17H2,1-2H3,(H,32,37)/t21-/m0/s1. The van der Waals surface area contributed by atoms with Crippen LogP contribution in [0.2, 0.25) is 0 Å². The molecule has 2 aromatic heterocycles. The Morgan fingerprint density at radius 1 is 0.872 bits per heavy atom. The number of para-hydroxylation sites is 1. The number of carbonyl (C=O) groups excluding carboxylic acids is 2. The summed E-state index contributed by atoms with van der Waals surface area (Å²) in [7, 11) is 0. The van der Waals surface area contributed by atoms with E-state index in [0.29, 0.717) is 43.0 Å². The molecule has 6 rings (SSSR count). The first-order valence-corrected chi connectivity index (χ1v) is 13.1. The van der Waals surface area contributed by atoms with Crippen LogP contribution in [0.1, 0.15) is 22.8 Å². The first-order chi connectivity index (χ1) is 19.0. The molecule has 0 bridgehead atoms. The molecule has 1 N–H and O–H groups in total. The first-order valence-electron chi connectivity index (χ1n) is 13.1. The van der Waals surface area contributed by atoms with Gasteiger partial charge in [0, 0.05) is 42.7 Å². The van der Waals surface area contributed by atoms with E-state index in [4.69, 9.17) is 9.51 Å². The largest absolute Gasteiger partial charge is 0.355 e. The van der Waals surface area contributed by atoms with Gasteiger partial charge in [0.25, 0.3) is 5.91 Å². The number of nitrogens with zero attached hydrogens (tertiary/aromatic N) is 4. The molecular formula is C31H29N5O3. The van der Waals surface area contributed by atoms with E-state index in [1.807, 2.05) is 53.4 Å². The van der Waals surface area contributed by atoms with E-state index in [9.17, 15) is 9.59 Å². The number of hydrogen-bond donors (Lipinski definition) is 1. The molecule has 8 nitrogen and oxygen atoms in total. The normalized spacial score (nSPS) is 14.5. The van der Waals surface area contributed by atoms with Gasteiger partial charge in [-0.2, -0.15) is 0 Å². The molecular weight excluding hydrogens is 490 g/mol. The van der Waals surface area contributed by atoms with Crippen molar-refractivity contribution < 1.29 is 14.1 Å². The van der Waals surface area contributed by atoms with E-state index in [-0.39, 0.29) is 11.8 Å². The molecule has 1 aliphatic heterocycles. The summed E-state index contributed by atoms with van der Waals surface area (Å²) >= 11 is 0. The van der Waals surface area contributed by atoms with Crippen LogP contribution in [0.5, 0.6) is 0 Å². The zero-order valence-corrected chi connectivity index (χ0v) is 21.9. The molecule has 3 aromatic carbocycles. The van der Waals surface area contributed by atoms with Crippen molar-refractivity contribution in [1.29, 1.82) is 0 Å². The summed E-state index contributed by atoms with van der Waals surface area (Å²) < 4.78 is 5.55. The van der Waals surface area contributed by atoms with Crippen molar-refractivity contribution in [1.82, 2.24) is 20.4 Å². The second-order valence-electron chi connectivity index (χ2n) is 9.93. The van der Waals surface area contributed by atoms with Crippen LogP contribution in [0, 0.1) is 6.92 Å². The predicted molar refractivity (Wildman–Crippen MR) is 152 cm³/mol. The molecule has 1 fully saturated rings. The van der Waals surface area contributed by atoms with Crippen LogP contribution in [0.15, 0.2) is 83.4 Å². The monoisotopic (exact) mass is 519 g/mol. The Hall–Kier alpha value is -4.72. The van der Waals surface area contributed by atoms with Crippen molar-refractivity contribution in [2.24, 2.45) is 0 Å². The van der Waals surface area contributed by atoms with Crippen LogP contribution < -0.4 is 10.2 Å². The first kappa shape index (κ1) is 24.6. The third kappa shape index (κ3) is 4.81. The zero-order chi connectivity index (χ0) is 26.9. The van der Waals surface area contributed by atoms with Gasteiger partial charge in [0.2, 0.25) is 5.91 Å². The number of carbonyl (C=O) groups is 2. The van der Waals surface area contributed by atoms with E-state index in [1.54, 1.807) is 25.1 Å². The minimum Gasteiger partial charge on any atom is -0.355 e. The lowest BCUT2D eigenvalue weighted by Crippen LogP contribution is -2.54. The highest BCUT2D eigenvalue weighted by atomic mass is 16.5. The van der Waals surface area contributed by atoms with Crippen LogP contribution in [0.3, 0.4) is 0 Å². The zero-order valence-electron chi connectivity index (χ0n) is 21.9. The smallest absolute Gasteiger partial charge is 0.251 e. The minimum atomic E-state index is -0.656. The maximum Gasteiger partial charge on any atom is 0.251 e. The van der Waals surface area contributed by atoms with Crippen LogP contribution in [0.25, 0.3) is 33.1 Å². The Morgan fingerprint density at radius 2 is 1.62 bits per heavy atom. The maximum atomic E-state index is 13.2. The molecule has 196 valence electrons. The number of rotatable bonds is 5. The number of fused-ring (bicyclic) bond motifs is 2. The van der Waals surface area contributed by atoms with Gasteiger partial charge in [-0.3, -0.25) is 9.59 Å². The lowest BCUT2D eigenvalue weighted by Gasteiger charge is -2.36. The van der Waals surface area contributed by atoms with E-state index >= 15 is 0 Å². The van der Waals surface area contributed by atoms with Crippen molar-refractivity contribution in [3.8, 4) is 11.3 Å². The number of nitrogens with one attached hydrogen (secondary N) is 1. The van der Waals surface area contributed by atoms with Crippen molar-refractivity contribution in [3.63, 3.8) is 0 Å². The molecule has 0 radical (unpaired) electrons. The molecule has 8 heteroatoms. The molecule has 0 spiro atoms. The van der Waals surface area contributed by atoms with Gasteiger partial charge < -0.3 is 19.6 Å². The summed E-state index contributed by atoms with van der Waals surface area (Å²) in [6.07, 6.45) is 0. The van der Waals surface area contributed by atoms with Crippen LogP contribution in [-0.2, 0) is 4.79 Å². The molecule has 39 heavy (non-hydrogen) atoms. The molecule has 3 heterocycles. The molecule has 0 unspecified atom stereocenters. The van der Waals surface area contributed by atoms with Gasteiger partial charge >= 0.3 is 0 Å². The van der Waals surface area contributed by atoms with Crippen LogP contribution in [0.4, 0.5) is 5.82 Å². The summed E-state index contributed by atoms with van der Waals surface area (Å²) in [5.74, 6) is 1.13. The van der Waals surface area contributed by atoms with E-state index in [0.717, 1.165) is 27.7 Å². The van der Waals surface area contributed by atoms with Gasteiger partial charge in [-0.05, 0) is 49.7 Å². The molecule has 1 saturated heterocycles. The second kappa shape index (κ2) is 10.2. The topological polar surface area (TPSA) is 91.6 Å². The van der Waals surface area contributed by atoms with E-state index in [2.05, 4.69) is 34.4 Å². The van der Waals surface area contributed by atoms with E-state index in [1.165, 1.54) is 5.56 Å². The van der Waals surface area contributed by atoms with Gasteiger partial charge in [0.05, 0.1) is 10.9 Å². The number of benzene rings is 3. The van der Waals surface area contributed by atoms with E-state index < -0.39 is 6.04 Å². The summed E-state index contributed by atoms with van der Waals surface area (Å²) in [6, 6.07) is 24.5. The lowest BCUT2D eigenvalue weighted by atomic mass is 10.1. The Bertz CT molecular complexity index is 1670. The minimum absolute atomic E-state index is 0.0957. The van der Waals surface area contributed by atoms with Crippen molar-refractivity contribution >= 4 is 39.4 Å². The van der Waals surface area contributed by atoms with Gasteiger partial charge in [0.15, 0.2) is 5.76 Å². The number of anilines is 1. The number of pyridine rings is 1. The summed E-state index contributed by atoms with van der Waals surface area (Å²) in [5, 5.41) is 8.89. The fourth-order valence-electron chi connectivity index (χ4n) is 5.15. The molecule has 1 aliphatic rings. The molecule has 1 atom stereocenters. The van der Waals surface area contributed by atoms with Gasteiger partial charge in [-0.15, -0.1) is 0 Å². The average molecular weight is 520 g/mol. The number of aryl methyl sites for hydroxylation is 1. The highest BCUT2D eigenvalue weighted by molar-refractivity contribution is 6.02. The summed E-state index contributed by atoms with van der Waals surface area (Å²) in [5.41, 5.74) is 4.16. The number of amides is 2. The maximum absolute atomic E-state index is 13.2. The third-order valence-electron chi connectivity index (χ3n) is 7.32. The number of hydrogen-bond acceptors (Lipinski definition) is 6. The highest BCUT2D eigenvalue weighted by Crippen LogP contribution is 2.29. The molecule has 0 aliphatic carbocycles.